The Kier molecular flexibility index (Phi) is 4.97. The van der Waals surface area contributed by atoms with Crippen LogP contribution in [0.1, 0.15) is 12.3 Å². The van der Waals surface area contributed by atoms with Crippen LogP contribution in [0.4, 0.5) is 4.79 Å². The highest BCUT2D eigenvalue weighted by molar-refractivity contribution is 7.90. The van der Waals surface area contributed by atoms with Crippen LogP contribution in [0.2, 0.25) is 5.02 Å². The lowest BCUT2D eigenvalue weighted by Gasteiger charge is -2.09. The van der Waals surface area contributed by atoms with Crippen molar-refractivity contribution in [2.45, 2.75) is 19.0 Å². The standard InChI is InChI=1S/C15H15ClN4O5S/c1-26(23,24)7-6-11-14(21)20(15(22)17-11)8-12-18-13(19-25-12)9-2-4-10(16)5-3-9/h2-5,11H,6-8H2,1H3,(H,17,22)/t11-/m0/s1. The number of benzene rings is 1. The Labute approximate surface area is 154 Å². The number of nitrogens with zero attached hydrogens (tertiary/aromatic N) is 3. The summed E-state index contributed by atoms with van der Waals surface area (Å²) < 4.78 is 27.5. The number of sulfone groups is 1. The number of amides is 3. The van der Waals surface area contributed by atoms with Crippen molar-refractivity contribution in [1.82, 2.24) is 20.4 Å². The smallest absolute Gasteiger partial charge is 0.325 e. The van der Waals surface area contributed by atoms with Gasteiger partial charge in [0.15, 0.2) is 0 Å². The summed E-state index contributed by atoms with van der Waals surface area (Å²) in [6, 6.07) is 5.28. The molecule has 11 heteroatoms. The number of carbonyl (C=O) groups is 2. The molecule has 1 aliphatic heterocycles. The average Bonchev–Trinajstić information content (AvgIpc) is 3.13. The zero-order chi connectivity index (χ0) is 18.9. The Balaban J connectivity index is 1.68. The van der Waals surface area contributed by atoms with Crippen LogP contribution in [-0.2, 0) is 21.2 Å². The van der Waals surface area contributed by atoms with E-state index in [0.717, 1.165) is 11.2 Å². The van der Waals surface area contributed by atoms with Gasteiger partial charge in [-0.1, -0.05) is 16.8 Å². The quantitative estimate of drug-likeness (QED) is 0.726. The van der Waals surface area contributed by atoms with Gasteiger partial charge in [-0.3, -0.25) is 9.69 Å². The van der Waals surface area contributed by atoms with Gasteiger partial charge in [-0.25, -0.2) is 13.2 Å². The van der Waals surface area contributed by atoms with Gasteiger partial charge in [-0.05, 0) is 30.7 Å². The van der Waals surface area contributed by atoms with E-state index in [2.05, 4.69) is 15.5 Å². The van der Waals surface area contributed by atoms with E-state index < -0.39 is 27.8 Å². The van der Waals surface area contributed by atoms with Crippen LogP contribution in [0.15, 0.2) is 28.8 Å². The SMILES string of the molecule is CS(=O)(=O)CC[C@@H]1NC(=O)N(Cc2nc(-c3ccc(Cl)cc3)no2)C1=O. The fourth-order valence-corrected chi connectivity index (χ4v) is 3.21. The summed E-state index contributed by atoms with van der Waals surface area (Å²) in [5.41, 5.74) is 0.674. The van der Waals surface area contributed by atoms with Crippen molar-refractivity contribution in [2.24, 2.45) is 0 Å². The number of urea groups is 1. The second-order valence-corrected chi connectivity index (χ2v) is 8.56. The topological polar surface area (TPSA) is 122 Å². The van der Waals surface area contributed by atoms with Crippen molar-refractivity contribution in [3.63, 3.8) is 0 Å². The molecule has 1 atom stereocenters. The van der Waals surface area contributed by atoms with Gasteiger partial charge in [0.25, 0.3) is 5.91 Å². The zero-order valence-electron chi connectivity index (χ0n) is 13.7. The van der Waals surface area contributed by atoms with E-state index in [9.17, 15) is 18.0 Å². The molecule has 0 bridgehead atoms. The summed E-state index contributed by atoms with van der Waals surface area (Å²) in [5.74, 6) is -0.330. The molecule has 2 heterocycles. The van der Waals surface area contributed by atoms with Crippen LogP contribution in [-0.4, -0.2) is 53.4 Å². The van der Waals surface area contributed by atoms with E-state index >= 15 is 0 Å². The predicted molar refractivity (Wildman–Crippen MR) is 91.9 cm³/mol. The molecule has 138 valence electrons. The Morgan fingerprint density at radius 1 is 1.27 bits per heavy atom. The van der Waals surface area contributed by atoms with Crippen LogP contribution in [0.25, 0.3) is 11.4 Å². The van der Waals surface area contributed by atoms with E-state index in [0.29, 0.717) is 16.4 Å². The average molecular weight is 399 g/mol. The Bertz CT molecular complexity index is 941. The molecule has 0 spiro atoms. The summed E-state index contributed by atoms with van der Waals surface area (Å²) in [4.78, 5) is 29.4. The number of halogens is 1. The number of nitrogens with one attached hydrogen (secondary N) is 1. The molecule has 0 aliphatic carbocycles. The van der Waals surface area contributed by atoms with Gasteiger partial charge in [-0.2, -0.15) is 4.98 Å². The molecule has 1 N–H and O–H groups in total. The number of imide groups is 1. The van der Waals surface area contributed by atoms with E-state index in [4.69, 9.17) is 16.1 Å². The van der Waals surface area contributed by atoms with E-state index in [1.165, 1.54) is 0 Å². The molecule has 3 amide bonds. The van der Waals surface area contributed by atoms with E-state index in [-0.39, 0.29) is 24.6 Å². The summed E-state index contributed by atoms with van der Waals surface area (Å²) in [6.07, 6.45) is 1.09. The molecule has 0 unspecified atom stereocenters. The monoisotopic (exact) mass is 398 g/mol. The molecule has 0 radical (unpaired) electrons. The largest absolute Gasteiger partial charge is 0.337 e. The highest BCUT2D eigenvalue weighted by atomic mass is 35.5. The summed E-state index contributed by atoms with van der Waals surface area (Å²) in [7, 11) is -3.23. The van der Waals surface area contributed by atoms with Gasteiger partial charge in [-0.15, -0.1) is 0 Å². The summed E-state index contributed by atoms with van der Waals surface area (Å²) >= 11 is 5.83. The second-order valence-electron chi connectivity index (χ2n) is 5.86. The molecule has 1 aromatic heterocycles. The third kappa shape index (κ3) is 4.20. The van der Waals surface area contributed by atoms with Gasteiger partial charge in [0.2, 0.25) is 11.7 Å². The minimum absolute atomic E-state index is 0.0137. The van der Waals surface area contributed by atoms with Crippen LogP contribution in [0.5, 0.6) is 0 Å². The molecule has 1 aromatic carbocycles. The van der Waals surface area contributed by atoms with Gasteiger partial charge in [0, 0.05) is 16.8 Å². The van der Waals surface area contributed by atoms with Crippen molar-refractivity contribution < 1.29 is 22.5 Å². The number of hydrogen-bond donors (Lipinski definition) is 1. The van der Waals surface area contributed by atoms with Crippen LogP contribution in [0, 0.1) is 0 Å². The molecular formula is C15H15ClN4O5S. The molecule has 1 saturated heterocycles. The van der Waals surface area contributed by atoms with Crippen molar-refractivity contribution >= 4 is 33.4 Å². The molecular weight excluding hydrogens is 384 g/mol. The summed E-state index contributed by atoms with van der Waals surface area (Å²) in [5, 5.41) is 6.84. The van der Waals surface area contributed by atoms with Gasteiger partial charge >= 0.3 is 6.03 Å². The molecule has 9 nitrogen and oxygen atoms in total. The van der Waals surface area contributed by atoms with Crippen LogP contribution < -0.4 is 5.32 Å². The van der Waals surface area contributed by atoms with Crippen molar-refractivity contribution in [1.29, 1.82) is 0 Å². The number of aromatic nitrogens is 2. The third-order valence-electron chi connectivity index (χ3n) is 3.75. The summed E-state index contributed by atoms with van der Waals surface area (Å²) in [6.45, 7) is -0.194. The Morgan fingerprint density at radius 2 is 1.96 bits per heavy atom. The zero-order valence-corrected chi connectivity index (χ0v) is 15.2. The number of rotatable bonds is 6. The fraction of sp³-hybridized carbons (Fsp3) is 0.333. The highest BCUT2D eigenvalue weighted by Gasteiger charge is 2.39. The van der Waals surface area contributed by atoms with Crippen molar-refractivity contribution in [2.75, 3.05) is 12.0 Å². The number of hydrogen-bond acceptors (Lipinski definition) is 7. The molecule has 0 saturated carbocycles. The van der Waals surface area contributed by atoms with Crippen molar-refractivity contribution in [3.05, 3.63) is 35.2 Å². The highest BCUT2D eigenvalue weighted by Crippen LogP contribution is 2.20. The lowest BCUT2D eigenvalue weighted by atomic mass is 10.2. The number of carbonyl (C=O) groups excluding carboxylic acids is 2. The van der Waals surface area contributed by atoms with Crippen LogP contribution >= 0.6 is 11.6 Å². The third-order valence-corrected chi connectivity index (χ3v) is 4.98. The Morgan fingerprint density at radius 3 is 2.62 bits per heavy atom. The first-order valence-corrected chi connectivity index (χ1v) is 10.0. The lowest BCUT2D eigenvalue weighted by molar-refractivity contribution is -0.128. The first-order valence-electron chi connectivity index (χ1n) is 7.61. The normalized spacial score (nSPS) is 17.6. The predicted octanol–water partition coefficient (Wildman–Crippen LogP) is 1.25. The van der Waals surface area contributed by atoms with Crippen LogP contribution in [0.3, 0.4) is 0 Å². The van der Waals surface area contributed by atoms with Gasteiger partial charge in [0.1, 0.15) is 22.4 Å². The second kappa shape index (κ2) is 7.04. The van der Waals surface area contributed by atoms with E-state index in [1.807, 2.05) is 0 Å². The maximum Gasteiger partial charge on any atom is 0.325 e. The molecule has 26 heavy (non-hydrogen) atoms. The maximum atomic E-state index is 12.3. The molecule has 3 rings (SSSR count). The molecule has 1 aliphatic rings. The lowest BCUT2D eigenvalue weighted by Crippen LogP contribution is -2.32. The molecule has 2 aromatic rings. The van der Waals surface area contributed by atoms with Gasteiger partial charge < -0.3 is 9.84 Å². The first-order chi connectivity index (χ1) is 12.2. The van der Waals surface area contributed by atoms with Gasteiger partial charge in [0.05, 0.1) is 5.75 Å². The minimum Gasteiger partial charge on any atom is -0.337 e. The molecule has 1 fully saturated rings. The minimum atomic E-state index is -3.23. The van der Waals surface area contributed by atoms with Crippen molar-refractivity contribution in [3.8, 4) is 11.4 Å². The Hall–Kier alpha value is -2.46. The first kappa shape index (κ1) is 18.3. The maximum absolute atomic E-state index is 12.3. The van der Waals surface area contributed by atoms with E-state index in [1.54, 1.807) is 24.3 Å². The fourth-order valence-electron chi connectivity index (χ4n) is 2.42.